The van der Waals surface area contributed by atoms with E-state index in [0.717, 1.165) is 12.8 Å². The zero-order valence-corrected chi connectivity index (χ0v) is 14.3. The molecule has 0 spiro atoms. The molecule has 25 heavy (non-hydrogen) atoms. The molecule has 0 N–H and O–H groups in total. The van der Waals surface area contributed by atoms with Gasteiger partial charge in [0.2, 0.25) is 0 Å². The molecule has 0 saturated carbocycles. The van der Waals surface area contributed by atoms with Gasteiger partial charge in [-0.1, -0.05) is 31.2 Å². The van der Waals surface area contributed by atoms with Crippen LogP contribution in [0.25, 0.3) is 11.3 Å². The van der Waals surface area contributed by atoms with Crippen molar-refractivity contribution in [1.82, 2.24) is 4.98 Å². The first-order chi connectivity index (χ1) is 12.1. The molecule has 5 heteroatoms. The average Bonchev–Trinajstić information content (AvgIpc) is 3.08. The Morgan fingerprint density at radius 3 is 2.92 bits per heavy atom. The number of esters is 1. The number of hydrogen-bond acceptors (Lipinski definition) is 4. The van der Waals surface area contributed by atoms with Gasteiger partial charge in [0.05, 0.1) is 24.8 Å². The highest BCUT2D eigenvalue weighted by Gasteiger charge is 2.20. The second kappa shape index (κ2) is 8.10. The van der Waals surface area contributed by atoms with Crippen molar-refractivity contribution in [2.75, 3.05) is 6.61 Å². The molecule has 0 fully saturated rings. The Hall–Kier alpha value is -2.43. The number of aromatic nitrogens is 1. The van der Waals surface area contributed by atoms with E-state index in [1.165, 1.54) is 12.3 Å². The maximum Gasteiger partial charge on any atom is 0.306 e. The molecule has 2 aromatic rings. The minimum Gasteiger partial charge on any atom is -0.465 e. The van der Waals surface area contributed by atoms with Gasteiger partial charge in [0.25, 0.3) is 0 Å². The lowest BCUT2D eigenvalue weighted by Crippen LogP contribution is -2.21. The summed E-state index contributed by atoms with van der Waals surface area (Å²) in [6.07, 6.45) is 8.35. The maximum atomic E-state index is 13.7. The molecule has 1 heterocycles. The number of ether oxygens (including phenoxy) is 1. The Kier molecular flexibility index (Phi) is 5.64. The molecule has 1 aromatic carbocycles. The minimum absolute atomic E-state index is 0.203. The Bertz CT molecular complexity index is 753. The lowest BCUT2D eigenvalue weighted by atomic mass is 9.85. The van der Waals surface area contributed by atoms with E-state index < -0.39 is 0 Å². The topological polar surface area (TPSA) is 52.3 Å². The van der Waals surface area contributed by atoms with E-state index in [4.69, 9.17) is 9.15 Å². The number of hydrogen-bond donors (Lipinski definition) is 0. The van der Waals surface area contributed by atoms with Gasteiger partial charge >= 0.3 is 5.97 Å². The van der Waals surface area contributed by atoms with E-state index in [9.17, 15) is 9.18 Å². The molecule has 132 valence electrons. The van der Waals surface area contributed by atoms with Crippen LogP contribution < -0.4 is 0 Å². The standard InChI is InChI=1S/C20H22FNO3/c1-14-6-2-3-7-15(14)13-24-20(23)11-10-19-22-12-18(25-19)16-8-4-5-9-17(16)21/h2-5,8-9,12,14-15H,6-7,10-11,13H2,1H3. The number of nitrogens with zero attached hydrogens (tertiary/aromatic N) is 1. The molecule has 1 aliphatic rings. The summed E-state index contributed by atoms with van der Waals surface area (Å²) in [6.45, 7) is 2.63. The van der Waals surface area contributed by atoms with E-state index >= 15 is 0 Å². The van der Waals surface area contributed by atoms with Crippen LogP contribution in [0.3, 0.4) is 0 Å². The van der Waals surface area contributed by atoms with Crippen molar-refractivity contribution in [3.05, 3.63) is 54.3 Å². The van der Waals surface area contributed by atoms with Crippen LogP contribution in [0.2, 0.25) is 0 Å². The normalized spacial score (nSPS) is 19.8. The largest absolute Gasteiger partial charge is 0.465 e. The van der Waals surface area contributed by atoms with Crippen molar-refractivity contribution in [2.45, 2.75) is 32.6 Å². The van der Waals surface area contributed by atoms with Gasteiger partial charge < -0.3 is 9.15 Å². The molecule has 0 bridgehead atoms. The monoisotopic (exact) mass is 343 g/mol. The lowest BCUT2D eigenvalue weighted by Gasteiger charge is -2.24. The third kappa shape index (κ3) is 4.56. The second-order valence-corrected chi connectivity index (χ2v) is 6.46. The number of allylic oxidation sites excluding steroid dienone is 2. The maximum absolute atomic E-state index is 13.7. The molecule has 0 aliphatic heterocycles. The van der Waals surface area contributed by atoms with Gasteiger partial charge in [0.1, 0.15) is 5.82 Å². The molecular weight excluding hydrogens is 321 g/mol. The molecular formula is C20H22FNO3. The summed E-state index contributed by atoms with van der Waals surface area (Å²) >= 11 is 0. The molecule has 1 aliphatic carbocycles. The van der Waals surface area contributed by atoms with Crippen LogP contribution in [0, 0.1) is 17.7 Å². The number of oxazole rings is 1. The first-order valence-electron chi connectivity index (χ1n) is 8.63. The van der Waals surface area contributed by atoms with Crippen molar-refractivity contribution in [1.29, 1.82) is 0 Å². The van der Waals surface area contributed by atoms with Crippen LogP contribution in [0.4, 0.5) is 4.39 Å². The fourth-order valence-corrected chi connectivity index (χ4v) is 2.93. The molecule has 0 radical (unpaired) electrons. The predicted octanol–water partition coefficient (Wildman–Crippen LogP) is 4.56. The van der Waals surface area contributed by atoms with E-state index in [-0.39, 0.29) is 18.2 Å². The van der Waals surface area contributed by atoms with Crippen LogP contribution >= 0.6 is 0 Å². The smallest absolute Gasteiger partial charge is 0.306 e. The van der Waals surface area contributed by atoms with Crippen LogP contribution in [0.5, 0.6) is 0 Å². The Balaban J connectivity index is 1.48. The van der Waals surface area contributed by atoms with Crippen molar-refractivity contribution >= 4 is 5.97 Å². The van der Waals surface area contributed by atoms with Gasteiger partial charge in [-0.25, -0.2) is 9.37 Å². The molecule has 3 rings (SSSR count). The van der Waals surface area contributed by atoms with E-state index in [2.05, 4.69) is 24.1 Å². The summed E-state index contributed by atoms with van der Waals surface area (Å²) in [4.78, 5) is 16.0. The van der Waals surface area contributed by atoms with E-state index in [1.807, 2.05) is 0 Å². The fourth-order valence-electron chi connectivity index (χ4n) is 2.93. The Morgan fingerprint density at radius 1 is 1.32 bits per heavy atom. The second-order valence-electron chi connectivity index (χ2n) is 6.46. The quantitative estimate of drug-likeness (QED) is 0.570. The highest BCUT2D eigenvalue weighted by molar-refractivity contribution is 5.69. The van der Waals surface area contributed by atoms with Gasteiger partial charge in [-0.15, -0.1) is 0 Å². The number of halogens is 1. The third-order valence-corrected chi connectivity index (χ3v) is 4.61. The minimum atomic E-state index is -0.361. The molecule has 4 nitrogen and oxygen atoms in total. The SMILES string of the molecule is CC1CC=CCC1COC(=O)CCc1ncc(-c2ccccc2F)o1. The van der Waals surface area contributed by atoms with Crippen LogP contribution in [-0.2, 0) is 16.0 Å². The Labute approximate surface area is 146 Å². The van der Waals surface area contributed by atoms with E-state index in [1.54, 1.807) is 18.2 Å². The molecule has 2 unspecified atom stereocenters. The summed E-state index contributed by atoms with van der Waals surface area (Å²) in [6, 6.07) is 6.36. The van der Waals surface area contributed by atoms with Gasteiger partial charge in [-0.05, 0) is 36.8 Å². The van der Waals surface area contributed by atoms with Crippen LogP contribution in [0.1, 0.15) is 32.1 Å². The number of carbonyl (C=O) groups excluding carboxylic acids is 1. The highest BCUT2D eigenvalue weighted by atomic mass is 19.1. The Morgan fingerprint density at radius 2 is 2.12 bits per heavy atom. The number of aryl methyl sites for hydroxylation is 1. The fraction of sp³-hybridized carbons (Fsp3) is 0.400. The number of rotatable bonds is 6. The molecule has 2 atom stereocenters. The van der Waals surface area contributed by atoms with Crippen molar-refractivity contribution in [2.24, 2.45) is 11.8 Å². The zero-order valence-electron chi connectivity index (χ0n) is 14.3. The third-order valence-electron chi connectivity index (χ3n) is 4.61. The number of carbonyl (C=O) groups is 1. The van der Waals surface area contributed by atoms with Crippen molar-refractivity contribution < 1.29 is 18.3 Å². The average molecular weight is 343 g/mol. The molecule has 0 amide bonds. The number of benzene rings is 1. The first-order valence-corrected chi connectivity index (χ1v) is 8.63. The summed E-state index contributed by atoms with van der Waals surface area (Å²) in [7, 11) is 0. The van der Waals surface area contributed by atoms with Crippen LogP contribution in [-0.4, -0.2) is 17.6 Å². The van der Waals surface area contributed by atoms with Crippen molar-refractivity contribution in [3.8, 4) is 11.3 Å². The van der Waals surface area contributed by atoms with Crippen LogP contribution in [0.15, 0.2) is 47.0 Å². The summed E-state index contributed by atoms with van der Waals surface area (Å²) in [5.41, 5.74) is 0.364. The zero-order chi connectivity index (χ0) is 17.6. The first kappa shape index (κ1) is 17.4. The summed E-state index contributed by atoms with van der Waals surface area (Å²) in [5, 5.41) is 0. The van der Waals surface area contributed by atoms with Gasteiger partial charge in [0.15, 0.2) is 11.7 Å². The molecule has 0 saturated heterocycles. The lowest BCUT2D eigenvalue weighted by molar-refractivity contribution is -0.145. The van der Waals surface area contributed by atoms with E-state index in [0.29, 0.717) is 42.1 Å². The summed E-state index contributed by atoms with van der Waals surface area (Å²) in [5.74, 6) is 1.08. The summed E-state index contributed by atoms with van der Waals surface area (Å²) < 4.78 is 24.7. The highest BCUT2D eigenvalue weighted by Crippen LogP contribution is 2.26. The van der Waals surface area contributed by atoms with Gasteiger partial charge in [-0.2, -0.15) is 0 Å². The van der Waals surface area contributed by atoms with Gasteiger partial charge in [-0.3, -0.25) is 4.79 Å². The predicted molar refractivity (Wildman–Crippen MR) is 92.2 cm³/mol. The molecule has 1 aromatic heterocycles. The van der Waals surface area contributed by atoms with Gasteiger partial charge in [0, 0.05) is 6.42 Å². The van der Waals surface area contributed by atoms with Crippen molar-refractivity contribution in [3.63, 3.8) is 0 Å².